The van der Waals surface area contributed by atoms with Crippen molar-refractivity contribution in [2.75, 3.05) is 5.73 Å². The van der Waals surface area contributed by atoms with Crippen LogP contribution in [-0.2, 0) is 0 Å². The second-order valence-electron chi connectivity index (χ2n) is 7.12. The van der Waals surface area contributed by atoms with Gasteiger partial charge in [-0.05, 0) is 41.7 Å². The Kier molecular flexibility index (Phi) is 5.80. The highest BCUT2D eigenvalue weighted by molar-refractivity contribution is 6.30. The summed E-state index contributed by atoms with van der Waals surface area (Å²) in [5.74, 6) is 1.03. The first-order valence-electron chi connectivity index (χ1n) is 7.96. The van der Waals surface area contributed by atoms with Crippen molar-refractivity contribution >= 4 is 23.4 Å². The van der Waals surface area contributed by atoms with E-state index in [1.165, 1.54) is 0 Å². The molecule has 2 rings (SSSR count). The monoisotopic (exact) mass is 362 g/mol. The summed E-state index contributed by atoms with van der Waals surface area (Å²) >= 11 is 5.98. The Bertz CT molecular complexity index is 757. The van der Waals surface area contributed by atoms with Crippen LogP contribution in [0.1, 0.15) is 38.8 Å². The molecule has 0 spiro atoms. The number of ether oxygens (including phenoxy) is 1. The molecule has 0 heterocycles. The fraction of sp³-hybridized carbons (Fsp3) is 0.316. The SMILES string of the molecule is CC(C)(C)C[C@H](NC(=O)O)c1cccc(Oc2cc(Cl)ccc2N)c1. The van der Waals surface area contributed by atoms with E-state index in [9.17, 15) is 4.79 Å². The third kappa shape index (κ3) is 5.87. The Balaban J connectivity index is 2.28. The lowest BCUT2D eigenvalue weighted by Crippen LogP contribution is -2.29. The van der Waals surface area contributed by atoms with Gasteiger partial charge >= 0.3 is 6.09 Å². The fourth-order valence-electron chi connectivity index (χ4n) is 2.53. The van der Waals surface area contributed by atoms with Crippen molar-refractivity contribution in [3.8, 4) is 11.5 Å². The van der Waals surface area contributed by atoms with Crippen LogP contribution in [0.4, 0.5) is 10.5 Å². The zero-order valence-corrected chi connectivity index (χ0v) is 15.3. The molecule has 0 aliphatic carbocycles. The topological polar surface area (TPSA) is 84.6 Å². The zero-order valence-electron chi connectivity index (χ0n) is 14.5. The Morgan fingerprint density at radius 2 is 2.00 bits per heavy atom. The number of halogens is 1. The number of nitrogens with two attached hydrogens (primary N) is 1. The summed E-state index contributed by atoms with van der Waals surface area (Å²) in [6.45, 7) is 6.20. The smallest absolute Gasteiger partial charge is 0.405 e. The van der Waals surface area contributed by atoms with Gasteiger partial charge in [0.1, 0.15) is 5.75 Å². The molecule has 4 N–H and O–H groups in total. The van der Waals surface area contributed by atoms with Crippen LogP contribution in [0.2, 0.25) is 5.02 Å². The first kappa shape index (κ1) is 18.9. The summed E-state index contributed by atoms with van der Waals surface area (Å²) in [6, 6.07) is 12.0. The predicted octanol–water partition coefficient (Wildman–Crippen LogP) is 5.46. The molecule has 0 saturated carbocycles. The van der Waals surface area contributed by atoms with E-state index in [4.69, 9.17) is 27.2 Å². The van der Waals surface area contributed by atoms with E-state index in [0.29, 0.717) is 28.6 Å². The molecule has 1 atom stereocenters. The van der Waals surface area contributed by atoms with Gasteiger partial charge in [-0.2, -0.15) is 0 Å². The minimum absolute atomic E-state index is 0.0403. The molecule has 0 aliphatic heterocycles. The number of benzene rings is 2. The second-order valence-corrected chi connectivity index (χ2v) is 7.56. The van der Waals surface area contributed by atoms with Gasteiger partial charge in [-0.3, -0.25) is 0 Å². The van der Waals surface area contributed by atoms with Crippen molar-refractivity contribution < 1.29 is 14.6 Å². The summed E-state index contributed by atoms with van der Waals surface area (Å²) < 4.78 is 5.83. The highest BCUT2D eigenvalue weighted by Gasteiger charge is 2.22. The van der Waals surface area contributed by atoms with Crippen LogP contribution >= 0.6 is 11.6 Å². The molecule has 2 aromatic rings. The molecule has 0 bridgehead atoms. The second kappa shape index (κ2) is 7.66. The Morgan fingerprint density at radius 1 is 1.28 bits per heavy atom. The van der Waals surface area contributed by atoms with Gasteiger partial charge in [0.15, 0.2) is 5.75 Å². The van der Waals surface area contributed by atoms with E-state index < -0.39 is 6.09 Å². The molecule has 0 unspecified atom stereocenters. The summed E-state index contributed by atoms with van der Waals surface area (Å²) in [5.41, 5.74) is 7.18. The molecule has 134 valence electrons. The number of carboxylic acid groups (broad SMARTS) is 1. The van der Waals surface area contributed by atoms with Gasteiger partial charge in [0.05, 0.1) is 11.7 Å². The quantitative estimate of drug-likeness (QED) is 0.616. The van der Waals surface area contributed by atoms with Crippen LogP contribution in [0.5, 0.6) is 11.5 Å². The maximum absolute atomic E-state index is 11.2. The molecule has 25 heavy (non-hydrogen) atoms. The maximum atomic E-state index is 11.2. The van der Waals surface area contributed by atoms with E-state index in [1.54, 1.807) is 24.3 Å². The van der Waals surface area contributed by atoms with E-state index in [-0.39, 0.29) is 11.5 Å². The van der Waals surface area contributed by atoms with Crippen LogP contribution < -0.4 is 15.8 Å². The zero-order chi connectivity index (χ0) is 18.6. The van der Waals surface area contributed by atoms with Crippen molar-refractivity contribution in [3.63, 3.8) is 0 Å². The maximum Gasteiger partial charge on any atom is 0.405 e. The van der Waals surface area contributed by atoms with Crippen LogP contribution in [0.15, 0.2) is 42.5 Å². The lowest BCUT2D eigenvalue weighted by Gasteiger charge is -2.26. The highest BCUT2D eigenvalue weighted by Crippen LogP contribution is 2.34. The average Bonchev–Trinajstić information content (AvgIpc) is 2.49. The number of carbonyl (C=O) groups is 1. The molecular formula is C19H23ClN2O3. The van der Waals surface area contributed by atoms with Crippen LogP contribution in [-0.4, -0.2) is 11.2 Å². The minimum Gasteiger partial charge on any atom is -0.465 e. The van der Waals surface area contributed by atoms with Crippen molar-refractivity contribution in [3.05, 3.63) is 53.1 Å². The lowest BCUT2D eigenvalue weighted by molar-refractivity contribution is 0.184. The van der Waals surface area contributed by atoms with E-state index >= 15 is 0 Å². The Morgan fingerprint density at radius 3 is 2.64 bits per heavy atom. The number of nitrogen functional groups attached to an aromatic ring is 1. The molecule has 2 aromatic carbocycles. The van der Waals surface area contributed by atoms with Crippen molar-refractivity contribution in [1.82, 2.24) is 5.32 Å². The van der Waals surface area contributed by atoms with Crippen molar-refractivity contribution in [2.45, 2.75) is 33.2 Å². The average molecular weight is 363 g/mol. The molecular weight excluding hydrogens is 340 g/mol. The first-order chi connectivity index (χ1) is 11.6. The number of rotatable bonds is 5. The molecule has 5 nitrogen and oxygen atoms in total. The number of hydrogen-bond acceptors (Lipinski definition) is 3. The molecule has 1 amide bonds. The largest absolute Gasteiger partial charge is 0.465 e. The molecule has 6 heteroatoms. The normalized spacial score (nSPS) is 12.5. The van der Waals surface area contributed by atoms with Crippen molar-refractivity contribution in [1.29, 1.82) is 0 Å². The van der Waals surface area contributed by atoms with Crippen LogP contribution in [0.25, 0.3) is 0 Å². The van der Waals surface area contributed by atoms with Gasteiger partial charge < -0.3 is 20.9 Å². The molecule has 0 fully saturated rings. The molecule has 0 aliphatic rings. The van der Waals surface area contributed by atoms with Gasteiger partial charge in [0.2, 0.25) is 0 Å². The summed E-state index contributed by atoms with van der Waals surface area (Å²) in [6.07, 6.45) is -0.401. The van der Waals surface area contributed by atoms with Gasteiger partial charge in [-0.25, -0.2) is 4.79 Å². The summed E-state index contributed by atoms with van der Waals surface area (Å²) in [5, 5.41) is 12.2. The highest BCUT2D eigenvalue weighted by atomic mass is 35.5. The molecule has 0 saturated heterocycles. The summed E-state index contributed by atoms with van der Waals surface area (Å²) in [7, 11) is 0. The fourth-order valence-corrected chi connectivity index (χ4v) is 2.69. The van der Waals surface area contributed by atoms with Gasteiger partial charge in [-0.15, -0.1) is 0 Å². The third-order valence-electron chi connectivity index (χ3n) is 3.58. The number of nitrogens with one attached hydrogen (secondary N) is 1. The van der Waals surface area contributed by atoms with E-state index in [1.807, 2.05) is 18.2 Å². The molecule has 0 radical (unpaired) electrons. The number of hydrogen-bond donors (Lipinski definition) is 3. The minimum atomic E-state index is -1.06. The van der Waals surface area contributed by atoms with E-state index in [0.717, 1.165) is 5.56 Å². The van der Waals surface area contributed by atoms with Crippen molar-refractivity contribution in [2.24, 2.45) is 5.41 Å². The van der Waals surface area contributed by atoms with Gasteiger partial charge in [0, 0.05) is 11.1 Å². The van der Waals surface area contributed by atoms with Gasteiger partial charge in [-0.1, -0.05) is 44.5 Å². The molecule has 0 aromatic heterocycles. The van der Waals surface area contributed by atoms with Gasteiger partial charge in [0.25, 0.3) is 0 Å². The number of amides is 1. The first-order valence-corrected chi connectivity index (χ1v) is 8.34. The lowest BCUT2D eigenvalue weighted by atomic mass is 9.85. The Hall–Kier alpha value is -2.40. The predicted molar refractivity (Wildman–Crippen MR) is 100 cm³/mol. The van der Waals surface area contributed by atoms with E-state index in [2.05, 4.69) is 26.1 Å². The third-order valence-corrected chi connectivity index (χ3v) is 3.81. The van der Waals surface area contributed by atoms with Crippen LogP contribution in [0, 0.1) is 5.41 Å². The number of anilines is 1. The standard InChI is InChI=1S/C19H23ClN2O3/c1-19(2,3)11-16(22-18(23)24)12-5-4-6-14(9-12)25-17-10-13(20)7-8-15(17)21/h4-10,16,22H,11,21H2,1-3H3,(H,23,24)/t16-/m0/s1. The Labute approximate surface area is 152 Å². The summed E-state index contributed by atoms with van der Waals surface area (Å²) in [4.78, 5) is 11.2. The van der Waals surface area contributed by atoms with Crippen LogP contribution in [0.3, 0.4) is 0 Å².